The van der Waals surface area contributed by atoms with Crippen molar-refractivity contribution < 1.29 is 23.2 Å². The number of rotatable bonds is 6. The molecule has 0 amide bonds. The highest BCUT2D eigenvalue weighted by Crippen LogP contribution is 2.37. The molecule has 2 rings (SSSR count). The lowest BCUT2D eigenvalue weighted by molar-refractivity contribution is -0.385. The summed E-state index contributed by atoms with van der Waals surface area (Å²) in [6.45, 7) is 3.57. The summed E-state index contributed by atoms with van der Waals surface area (Å²) in [5, 5.41) is 24.4. The van der Waals surface area contributed by atoms with E-state index in [-0.39, 0.29) is 5.75 Å². The smallest absolute Gasteiger partial charge is 0.418 e. The maximum atomic E-state index is 13.1. The van der Waals surface area contributed by atoms with E-state index in [1.165, 1.54) is 6.07 Å². The summed E-state index contributed by atoms with van der Waals surface area (Å²) in [7, 11) is 0. The van der Waals surface area contributed by atoms with E-state index in [0.717, 1.165) is 18.3 Å². The number of para-hydroxylation sites is 1. The average Bonchev–Trinajstić information content (AvgIpc) is 2.57. The number of alkyl halides is 3. The van der Waals surface area contributed by atoms with Crippen LogP contribution in [0.25, 0.3) is 0 Å². The van der Waals surface area contributed by atoms with E-state index < -0.39 is 28.0 Å². The zero-order chi connectivity index (χ0) is 19.3. The van der Waals surface area contributed by atoms with Crippen LogP contribution in [0.2, 0.25) is 0 Å². The molecule has 6 nitrogen and oxygen atoms in total. The molecule has 9 heteroatoms. The van der Waals surface area contributed by atoms with Gasteiger partial charge in [0, 0.05) is 17.7 Å². The van der Waals surface area contributed by atoms with Crippen molar-refractivity contribution in [1.29, 1.82) is 0 Å². The van der Waals surface area contributed by atoms with Crippen LogP contribution in [0.4, 0.5) is 24.5 Å². The second kappa shape index (κ2) is 7.68. The summed E-state index contributed by atoms with van der Waals surface area (Å²) in [5.74, 6) is -0.0577. The summed E-state index contributed by atoms with van der Waals surface area (Å²) < 4.78 is 39.2. The van der Waals surface area contributed by atoms with Gasteiger partial charge in [-0.3, -0.25) is 15.5 Å². The Morgan fingerprint density at radius 2 is 2.04 bits per heavy atom. The van der Waals surface area contributed by atoms with Crippen molar-refractivity contribution in [2.24, 2.45) is 5.10 Å². The second-order valence-corrected chi connectivity index (χ2v) is 5.20. The van der Waals surface area contributed by atoms with Gasteiger partial charge in [-0.15, -0.1) is 6.58 Å². The Bertz CT molecular complexity index is 864. The van der Waals surface area contributed by atoms with E-state index in [0.29, 0.717) is 23.6 Å². The van der Waals surface area contributed by atoms with Gasteiger partial charge in [-0.25, -0.2) is 0 Å². The molecule has 0 heterocycles. The zero-order valence-corrected chi connectivity index (χ0v) is 13.3. The average molecular weight is 365 g/mol. The van der Waals surface area contributed by atoms with Gasteiger partial charge in [-0.1, -0.05) is 18.2 Å². The quantitative estimate of drug-likeness (QED) is 0.342. The van der Waals surface area contributed by atoms with E-state index in [4.69, 9.17) is 0 Å². The van der Waals surface area contributed by atoms with Crippen molar-refractivity contribution in [3.63, 3.8) is 0 Å². The molecule has 0 atom stereocenters. The number of benzene rings is 2. The number of non-ortho nitro benzene ring substituents is 1. The van der Waals surface area contributed by atoms with Crippen molar-refractivity contribution in [2.45, 2.75) is 12.6 Å². The number of nitrogens with one attached hydrogen (secondary N) is 1. The monoisotopic (exact) mass is 365 g/mol. The molecule has 2 N–H and O–H groups in total. The summed E-state index contributed by atoms with van der Waals surface area (Å²) in [6, 6.07) is 7.17. The lowest BCUT2D eigenvalue weighted by atomic mass is 10.1. The number of hydrogen-bond donors (Lipinski definition) is 2. The lowest BCUT2D eigenvalue weighted by Crippen LogP contribution is -2.09. The molecule has 0 fully saturated rings. The number of hydrogen-bond acceptors (Lipinski definition) is 5. The van der Waals surface area contributed by atoms with E-state index in [1.54, 1.807) is 18.2 Å². The van der Waals surface area contributed by atoms with Crippen molar-refractivity contribution in [2.75, 3.05) is 5.43 Å². The van der Waals surface area contributed by atoms with E-state index in [1.807, 2.05) is 0 Å². The molecule has 0 saturated carbocycles. The van der Waals surface area contributed by atoms with Crippen LogP contribution < -0.4 is 5.43 Å². The molecule has 0 aliphatic carbocycles. The molecule has 2 aromatic carbocycles. The van der Waals surface area contributed by atoms with E-state index in [9.17, 15) is 28.4 Å². The van der Waals surface area contributed by atoms with Crippen molar-refractivity contribution in [3.8, 4) is 5.75 Å². The van der Waals surface area contributed by atoms with Gasteiger partial charge in [0.05, 0.1) is 22.4 Å². The number of aromatic hydroxyl groups is 1. The molecule has 0 aliphatic heterocycles. The Kier molecular flexibility index (Phi) is 5.61. The molecule has 0 saturated heterocycles. The van der Waals surface area contributed by atoms with Crippen LogP contribution in [-0.4, -0.2) is 16.2 Å². The van der Waals surface area contributed by atoms with Crippen LogP contribution >= 0.6 is 0 Å². The Balaban J connectivity index is 2.29. The number of allylic oxidation sites excluding steroid dienone is 1. The van der Waals surface area contributed by atoms with Crippen molar-refractivity contribution >= 4 is 17.6 Å². The highest BCUT2D eigenvalue weighted by Gasteiger charge is 2.35. The summed E-state index contributed by atoms with van der Waals surface area (Å²) >= 11 is 0. The van der Waals surface area contributed by atoms with Gasteiger partial charge < -0.3 is 5.11 Å². The van der Waals surface area contributed by atoms with Crippen molar-refractivity contribution in [3.05, 3.63) is 75.9 Å². The first-order valence-corrected chi connectivity index (χ1v) is 7.30. The number of halogens is 3. The maximum Gasteiger partial charge on any atom is 0.418 e. The van der Waals surface area contributed by atoms with Gasteiger partial charge in [0.15, 0.2) is 0 Å². The molecule has 2 aromatic rings. The van der Waals surface area contributed by atoms with Crippen LogP contribution in [0.1, 0.15) is 16.7 Å². The summed E-state index contributed by atoms with van der Waals surface area (Å²) in [6.07, 6.45) is -1.62. The Hall–Kier alpha value is -3.36. The third-order valence-corrected chi connectivity index (χ3v) is 3.42. The predicted molar refractivity (Wildman–Crippen MR) is 91.3 cm³/mol. The molecule has 136 valence electrons. The number of phenolic OH excluding ortho intramolecular Hbond substituents is 1. The van der Waals surface area contributed by atoms with Gasteiger partial charge in [-0.2, -0.15) is 18.3 Å². The number of hydrazone groups is 1. The standard InChI is InChI=1S/C17H14F3N3O3/c1-2-4-11-5-3-6-12(16(11)24)10-21-22-15-8-7-13(23(25)26)9-14(15)17(18,19)20/h2-3,5-10,22,24H,1,4H2. The molecular weight excluding hydrogens is 351 g/mol. The zero-order valence-electron chi connectivity index (χ0n) is 13.3. The molecule has 0 unspecified atom stereocenters. The number of phenols is 1. The fourth-order valence-corrected chi connectivity index (χ4v) is 2.18. The Labute approximate surface area is 146 Å². The molecule has 0 spiro atoms. The SMILES string of the molecule is C=CCc1cccc(C=NNc2ccc([N+](=O)[O-])cc2C(F)(F)F)c1O. The lowest BCUT2D eigenvalue weighted by Gasteiger charge is -2.12. The fraction of sp³-hybridized carbons (Fsp3) is 0.118. The van der Waals surface area contributed by atoms with E-state index >= 15 is 0 Å². The predicted octanol–water partition coefficient (Wildman–Crippen LogP) is 4.49. The van der Waals surface area contributed by atoms with Crippen LogP contribution in [0.15, 0.2) is 54.2 Å². The number of anilines is 1. The minimum absolute atomic E-state index is 0.0577. The highest BCUT2D eigenvalue weighted by molar-refractivity contribution is 5.84. The normalized spacial score (nSPS) is 11.5. The fourth-order valence-electron chi connectivity index (χ4n) is 2.18. The number of nitro groups is 1. The molecule has 26 heavy (non-hydrogen) atoms. The topological polar surface area (TPSA) is 87.8 Å². The maximum absolute atomic E-state index is 13.1. The molecular formula is C17H14F3N3O3. The third-order valence-electron chi connectivity index (χ3n) is 3.42. The van der Waals surface area contributed by atoms with Gasteiger partial charge in [0.2, 0.25) is 0 Å². The molecule has 0 bridgehead atoms. The Morgan fingerprint density at radius 1 is 1.31 bits per heavy atom. The highest BCUT2D eigenvalue weighted by atomic mass is 19.4. The summed E-state index contributed by atoms with van der Waals surface area (Å²) in [4.78, 5) is 9.76. The minimum atomic E-state index is -4.80. The molecule has 0 aliphatic rings. The van der Waals surface area contributed by atoms with Gasteiger partial charge in [0.25, 0.3) is 5.69 Å². The first-order valence-electron chi connectivity index (χ1n) is 7.30. The molecule has 0 radical (unpaired) electrons. The van der Waals surface area contributed by atoms with Gasteiger partial charge >= 0.3 is 6.18 Å². The van der Waals surface area contributed by atoms with E-state index in [2.05, 4.69) is 17.1 Å². The van der Waals surface area contributed by atoms with Crippen LogP contribution in [-0.2, 0) is 12.6 Å². The van der Waals surface area contributed by atoms with Crippen LogP contribution in [0, 0.1) is 10.1 Å². The van der Waals surface area contributed by atoms with Gasteiger partial charge in [0.1, 0.15) is 5.75 Å². The Morgan fingerprint density at radius 3 is 2.65 bits per heavy atom. The van der Waals surface area contributed by atoms with Gasteiger partial charge in [-0.05, 0) is 24.1 Å². The molecule has 0 aromatic heterocycles. The second-order valence-electron chi connectivity index (χ2n) is 5.20. The number of nitro benzene ring substituents is 1. The van der Waals surface area contributed by atoms with Crippen molar-refractivity contribution in [1.82, 2.24) is 0 Å². The first-order chi connectivity index (χ1) is 12.2. The number of nitrogens with zero attached hydrogens (tertiary/aromatic N) is 2. The minimum Gasteiger partial charge on any atom is -0.507 e. The summed E-state index contributed by atoms with van der Waals surface area (Å²) in [5.41, 5.74) is 0.763. The third kappa shape index (κ3) is 4.38. The van der Waals surface area contributed by atoms with Crippen LogP contribution in [0.3, 0.4) is 0 Å². The first kappa shape index (κ1) is 19.0. The largest absolute Gasteiger partial charge is 0.507 e. The van der Waals surface area contributed by atoms with Crippen LogP contribution in [0.5, 0.6) is 5.75 Å².